The van der Waals surface area contributed by atoms with Crippen LogP contribution in [0.4, 0.5) is 0 Å². The summed E-state index contributed by atoms with van der Waals surface area (Å²) in [5, 5.41) is 4.14. The fraction of sp³-hybridized carbons (Fsp3) is 0.111. The van der Waals surface area contributed by atoms with Crippen LogP contribution in [0, 0.1) is 0 Å². The van der Waals surface area contributed by atoms with Gasteiger partial charge in [-0.2, -0.15) is 18.2 Å². The SMILES string of the molecule is CCOC(=O)c1nn(-c2ccccc2Cl)c(=O)cc1OS(=O)(=O)c1cccnc1. The fourth-order valence-corrected chi connectivity index (χ4v) is 3.41. The Morgan fingerprint density at radius 2 is 1.97 bits per heavy atom. The highest BCUT2D eigenvalue weighted by Gasteiger charge is 2.26. The molecule has 0 atom stereocenters. The lowest BCUT2D eigenvalue weighted by atomic mass is 10.3. The number of ether oxygens (including phenoxy) is 1. The number of hydrogen-bond acceptors (Lipinski definition) is 8. The van der Waals surface area contributed by atoms with E-state index in [-0.39, 0.29) is 22.2 Å². The molecule has 0 aliphatic heterocycles. The third-order valence-electron chi connectivity index (χ3n) is 3.57. The summed E-state index contributed by atoms with van der Waals surface area (Å²) in [5.74, 6) is -1.54. The van der Waals surface area contributed by atoms with Gasteiger partial charge in [-0.25, -0.2) is 4.79 Å². The lowest BCUT2D eigenvalue weighted by molar-refractivity contribution is 0.0515. The molecule has 2 heterocycles. The maximum Gasteiger partial charge on any atom is 0.362 e. The molecule has 2 aromatic heterocycles. The molecular weight excluding hydrogens is 422 g/mol. The van der Waals surface area contributed by atoms with Crippen LogP contribution in [0.15, 0.2) is 64.5 Å². The second kappa shape index (κ2) is 8.41. The lowest BCUT2D eigenvalue weighted by Crippen LogP contribution is -2.26. The van der Waals surface area contributed by atoms with Gasteiger partial charge in [-0.15, -0.1) is 0 Å². The van der Waals surface area contributed by atoms with Crippen LogP contribution in [-0.2, 0) is 14.9 Å². The third-order valence-corrected chi connectivity index (χ3v) is 5.11. The number of hydrogen-bond donors (Lipinski definition) is 0. The maximum absolute atomic E-state index is 12.6. The minimum absolute atomic E-state index is 0.000524. The number of esters is 1. The smallest absolute Gasteiger partial charge is 0.362 e. The van der Waals surface area contributed by atoms with Gasteiger partial charge in [-0.1, -0.05) is 23.7 Å². The van der Waals surface area contributed by atoms with Crippen molar-refractivity contribution in [1.82, 2.24) is 14.8 Å². The number of carbonyl (C=O) groups excluding carboxylic acids is 1. The first kappa shape index (κ1) is 20.5. The highest BCUT2D eigenvalue weighted by atomic mass is 35.5. The van der Waals surface area contributed by atoms with Crippen LogP contribution in [0.2, 0.25) is 5.02 Å². The average molecular weight is 436 g/mol. The molecule has 0 bridgehead atoms. The van der Waals surface area contributed by atoms with Gasteiger partial charge in [-0.05, 0) is 31.2 Å². The van der Waals surface area contributed by atoms with Crippen molar-refractivity contribution in [3.05, 3.63) is 75.9 Å². The summed E-state index contributed by atoms with van der Waals surface area (Å²) < 4.78 is 35.7. The van der Waals surface area contributed by atoms with Gasteiger partial charge in [-0.3, -0.25) is 9.78 Å². The van der Waals surface area contributed by atoms with Crippen molar-refractivity contribution in [3.63, 3.8) is 0 Å². The van der Waals surface area contributed by atoms with E-state index in [4.69, 9.17) is 20.5 Å². The Hall–Kier alpha value is -3.24. The van der Waals surface area contributed by atoms with E-state index < -0.39 is 33.1 Å². The van der Waals surface area contributed by atoms with Gasteiger partial charge in [0.2, 0.25) is 5.69 Å². The van der Waals surface area contributed by atoms with Crippen molar-refractivity contribution in [2.24, 2.45) is 0 Å². The van der Waals surface area contributed by atoms with E-state index in [1.165, 1.54) is 30.5 Å². The highest BCUT2D eigenvalue weighted by molar-refractivity contribution is 7.87. The Morgan fingerprint density at radius 1 is 1.21 bits per heavy atom. The molecular formula is C18H14ClN3O6S. The summed E-state index contributed by atoms with van der Waals surface area (Å²) in [7, 11) is -4.37. The van der Waals surface area contributed by atoms with Crippen LogP contribution < -0.4 is 9.74 Å². The summed E-state index contributed by atoms with van der Waals surface area (Å²) in [5.41, 5.74) is -1.06. The zero-order valence-electron chi connectivity index (χ0n) is 15.0. The normalized spacial score (nSPS) is 11.1. The maximum atomic E-state index is 12.6. The van der Waals surface area contributed by atoms with E-state index in [0.29, 0.717) is 0 Å². The van der Waals surface area contributed by atoms with Gasteiger partial charge < -0.3 is 8.92 Å². The van der Waals surface area contributed by atoms with Crippen LogP contribution >= 0.6 is 11.6 Å². The van der Waals surface area contributed by atoms with Gasteiger partial charge in [0.25, 0.3) is 5.56 Å². The van der Waals surface area contributed by atoms with Crippen molar-refractivity contribution in [2.75, 3.05) is 6.61 Å². The molecule has 0 N–H and O–H groups in total. The molecule has 0 amide bonds. The number of benzene rings is 1. The van der Waals surface area contributed by atoms with Gasteiger partial charge in [0.1, 0.15) is 4.90 Å². The quantitative estimate of drug-likeness (QED) is 0.427. The Balaban J connectivity index is 2.14. The predicted octanol–water partition coefficient (Wildman–Crippen LogP) is 2.23. The van der Waals surface area contributed by atoms with Crippen LogP contribution in [0.1, 0.15) is 17.4 Å². The second-order valence-electron chi connectivity index (χ2n) is 5.51. The first-order valence-corrected chi connectivity index (χ1v) is 10.0. The number of carbonyl (C=O) groups is 1. The molecule has 0 saturated heterocycles. The van der Waals surface area contributed by atoms with E-state index in [9.17, 15) is 18.0 Å². The second-order valence-corrected chi connectivity index (χ2v) is 7.46. The van der Waals surface area contributed by atoms with E-state index in [1.54, 1.807) is 19.1 Å². The molecule has 9 nitrogen and oxygen atoms in total. The summed E-state index contributed by atoms with van der Waals surface area (Å²) in [4.78, 5) is 28.4. The fourth-order valence-electron chi connectivity index (χ4n) is 2.30. The van der Waals surface area contributed by atoms with Crippen molar-refractivity contribution in [1.29, 1.82) is 0 Å². The number of nitrogens with zero attached hydrogens (tertiary/aromatic N) is 3. The van der Waals surface area contributed by atoms with E-state index in [2.05, 4.69) is 10.1 Å². The molecule has 29 heavy (non-hydrogen) atoms. The Morgan fingerprint density at radius 3 is 2.62 bits per heavy atom. The molecule has 0 radical (unpaired) electrons. The Labute approximate surface area is 170 Å². The molecule has 0 spiro atoms. The molecule has 0 fully saturated rings. The molecule has 3 rings (SSSR count). The molecule has 0 unspecified atom stereocenters. The highest BCUT2D eigenvalue weighted by Crippen LogP contribution is 2.23. The van der Waals surface area contributed by atoms with Crippen LogP contribution in [0.3, 0.4) is 0 Å². The van der Waals surface area contributed by atoms with Crippen LogP contribution in [0.25, 0.3) is 5.69 Å². The van der Waals surface area contributed by atoms with Crippen LogP contribution in [0.5, 0.6) is 5.75 Å². The Bertz CT molecular complexity index is 1210. The Kier molecular flexibility index (Phi) is 5.95. The van der Waals surface area contributed by atoms with Crippen molar-refractivity contribution < 1.29 is 22.1 Å². The summed E-state index contributed by atoms with van der Waals surface area (Å²) in [6.07, 6.45) is 2.45. The summed E-state index contributed by atoms with van der Waals surface area (Å²) in [6, 6.07) is 9.81. The molecule has 150 valence electrons. The minimum Gasteiger partial charge on any atom is -0.461 e. The number of para-hydroxylation sites is 1. The average Bonchev–Trinajstić information content (AvgIpc) is 2.69. The lowest BCUT2D eigenvalue weighted by Gasteiger charge is -2.13. The first-order valence-electron chi connectivity index (χ1n) is 8.24. The number of aromatic nitrogens is 3. The van der Waals surface area contributed by atoms with Gasteiger partial charge in [0, 0.05) is 12.4 Å². The number of rotatable bonds is 6. The van der Waals surface area contributed by atoms with E-state index >= 15 is 0 Å². The van der Waals surface area contributed by atoms with Crippen molar-refractivity contribution in [2.45, 2.75) is 11.8 Å². The van der Waals surface area contributed by atoms with Crippen LogP contribution in [-0.4, -0.2) is 35.8 Å². The molecule has 0 saturated carbocycles. The molecule has 0 aliphatic carbocycles. The van der Waals surface area contributed by atoms with E-state index in [1.807, 2.05) is 0 Å². The standard InChI is InChI=1S/C18H14ClN3O6S/c1-2-27-18(24)17-15(28-29(25,26)12-6-5-9-20-11-12)10-16(23)22(21-17)14-8-4-3-7-13(14)19/h3-11H,2H2,1H3. The first-order chi connectivity index (χ1) is 13.8. The molecule has 11 heteroatoms. The molecule has 0 aliphatic rings. The van der Waals surface area contributed by atoms with Gasteiger partial charge in [0.05, 0.1) is 23.4 Å². The minimum atomic E-state index is -4.37. The van der Waals surface area contributed by atoms with Crippen molar-refractivity contribution >= 4 is 27.7 Å². The summed E-state index contributed by atoms with van der Waals surface area (Å²) >= 11 is 6.10. The van der Waals surface area contributed by atoms with Gasteiger partial charge >= 0.3 is 16.1 Å². The number of pyridine rings is 1. The van der Waals surface area contributed by atoms with E-state index in [0.717, 1.165) is 16.9 Å². The molecule has 1 aromatic carbocycles. The monoisotopic (exact) mass is 435 g/mol. The third kappa shape index (κ3) is 4.44. The zero-order valence-corrected chi connectivity index (χ0v) is 16.6. The van der Waals surface area contributed by atoms with Gasteiger partial charge in [0.15, 0.2) is 5.75 Å². The van der Waals surface area contributed by atoms with Crippen molar-refractivity contribution in [3.8, 4) is 11.4 Å². The molecule has 3 aromatic rings. The predicted molar refractivity (Wildman–Crippen MR) is 103 cm³/mol. The number of halogens is 1. The summed E-state index contributed by atoms with van der Waals surface area (Å²) in [6.45, 7) is 1.56. The largest absolute Gasteiger partial charge is 0.461 e. The zero-order chi connectivity index (χ0) is 21.0. The topological polar surface area (TPSA) is 117 Å².